The number of hydrogen-bond donors (Lipinski definition) is 4. The highest BCUT2D eigenvalue weighted by Crippen LogP contribution is 2.10. The van der Waals surface area contributed by atoms with E-state index >= 15 is 0 Å². The third kappa shape index (κ3) is 10.2. The summed E-state index contributed by atoms with van der Waals surface area (Å²) in [5.41, 5.74) is 0. The molecule has 0 aromatic carbocycles. The van der Waals surface area contributed by atoms with Crippen molar-refractivity contribution in [2.24, 2.45) is 5.92 Å². The lowest BCUT2D eigenvalue weighted by atomic mass is 9.99. The van der Waals surface area contributed by atoms with Crippen molar-refractivity contribution < 1.29 is 19.5 Å². The van der Waals surface area contributed by atoms with E-state index in [0.29, 0.717) is 12.5 Å². The van der Waals surface area contributed by atoms with Crippen LogP contribution in [0, 0.1) is 5.92 Å². The van der Waals surface area contributed by atoms with E-state index in [-0.39, 0.29) is 6.54 Å². The molecule has 0 bridgehead atoms. The molecular formula is C13H25N3O4. The zero-order valence-corrected chi connectivity index (χ0v) is 12.2. The van der Waals surface area contributed by atoms with Crippen LogP contribution >= 0.6 is 0 Å². The second-order valence-corrected chi connectivity index (χ2v) is 4.65. The number of rotatable bonds is 10. The van der Waals surface area contributed by atoms with Crippen LogP contribution in [0.25, 0.3) is 0 Å². The number of unbranched alkanes of at least 4 members (excludes halogenated alkanes) is 1. The first-order valence-electron chi connectivity index (χ1n) is 6.99. The predicted molar refractivity (Wildman–Crippen MR) is 75.4 cm³/mol. The normalized spacial score (nSPS) is 11.5. The van der Waals surface area contributed by atoms with Gasteiger partial charge in [0.2, 0.25) is 5.91 Å². The van der Waals surface area contributed by atoms with E-state index in [1.165, 1.54) is 0 Å². The molecule has 7 heteroatoms. The van der Waals surface area contributed by atoms with Gasteiger partial charge in [-0.1, -0.05) is 33.1 Å². The zero-order valence-electron chi connectivity index (χ0n) is 12.2. The van der Waals surface area contributed by atoms with Crippen LogP contribution in [0.3, 0.4) is 0 Å². The Morgan fingerprint density at radius 1 is 1.05 bits per heavy atom. The third-order valence-corrected chi connectivity index (χ3v) is 2.94. The maximum Gasteiger partial charge on any atom is 0.322 e. The molecule has 0 fully saturated rings. The fourth-order valence-electron chi connectivity index (χ4n) is 1.64. The summed E-state index contributed by atoms with van der Waals surface area (Å²) in [4.78, 5) is 32.9. The maximum atomic E-state index is 11.5. The highest BCUT2D eigenvalue weighted by Gasteiger charge is 2.09. The molecule has 0 radical (unpaired) electrons. The van der Waals surface area contributed by atoms with Crippen molar-refractivity contribution in [3.05, 3.63) is 0 Å². The summed E-state index contributed by atoms with van der Waals surface area (Å²) in [6, 6.07) is -0.412. The number of carbonyl (C=O) groups excluding carboxylic acids is 2. The van der Waals surface area contributed by atoms with Gasteiger partial charge in [0.05, 0.1) is 6.54 Å². The van der Waals surface area contributed by atoms with E-state index in [4.69, 9.17) is 5.11 Å². The number of aliphatic carboxylic acids is 1. The van der Waals surface area contributed by atoms with Crippen molar-refractivity contribution in [3.63, 3.8) is 0 Å². The van der Waals surface area contributed by atoms with Gasteiger partial charge in [-0.3, -0.25) is 9.59 Å². The van der Waals surface area contributed by atoms with E-state index in [1.807, 2.05) is 0 Å². The molecule has 0 heterocycles. The molecule has 4 N–H and O–H groups in total. The first-order valence-corrected chi connectivity index (χ1v) is 6.99. The molecule has 0 saturated heterocycles. The molecule has 1 atom stereocenters. The fraction of sp³-hybridized carbons (Fsp3) is 0.769. The van der Waals surface area contributed by atoms with Crippen molar-refractivity contribution in [1.82, 2.24) is 16.0 Å². The van der Waals surface area contributed by atoms with Crippen LogP contribution in [0.5, 0.6) is 0 Å². The van der Waals surface area contributed by atoms with Gasteiger partial charge in [0.1, 0.15) is 6.54 Å². The Kier molecular flexibility index (Phi) is 10.1. The Morgan fingerprint density at radius 2 is 1.75 bits per heavy atom. The molecule has 20 heavy (non-hydrogen) atoms. The first-order chi connectivity index (χ1) is 9.49. The molecule has 1 unspecified atom stereocenters. The molecule has 0 aliphatic carbocycles. The Labute approximate surface area is 119 Å². The summed E-state index contributed by atoms with van der Waals surface area (Å²) >= 11 is 0. The van der Waals surface area contributed by atoms with Crippen molar-refractivity contribution in [2.75, 3.05) is 19.6 Å². The summed E-state index contributed by atoms with van der Waals surface area (Å²) in [5, 5.41) is 15.6. The van der Waals surface area contributed by atoms with Crippen LogP contribution in [0.15, 0.2) is 0 Å². The van der Waals surface area contributed by atoms with Gasteiger partial charge >= 0.3 is 12.0 Å². The SMILES string of the molecule is CCCCC(CC)CNC(=O)NCC(=O)NCC(=O)O. The fourth-order valence-corrected chi connectivity index (χ4v) is 1.64. The Bertz CT molecular complexity index is 321. The van der Waals surface area contributed by atoms with Crippen molar-refractivity contribution >= 4 is 17.9 Å². The minimum Gasteiger partial charge on any atom is -0.480 e. The van der Waals surface area contributed by atoms with Gasteiger partial charge in [-0.2, -0.15) is 0 Å². The summed E-state index contributed by atoms with van der Waals surface area (Å²) in [7, 11) is 0. The lowest BCUT2D eigenvalue weighted by Crippen LogP contribution is -2.44. The highest BCUT2D eigenvalue weighted by atomic mass is 16.4. The monoisotopic (exact) mass is 287 g/mol. The number of carbonyl (C=O) groups is 3. The average Bonchev–Trinajstić information content (AvgIpc) is 2.43. The van der Waals surface area contributed by atoms with Crippen molar-refractivity contribution in [2.45, 2.75) is 39.5 Å². The Hall–Kier alpha value is -1.79. The first kappa shape index (κ1) is 18.2. The molecule has 0 spiro atoms. The molecular weight excluding hydrogens is 262 g/mol. The van der Waals surface area contributed by atoms with Gasteiger partial charge in [-0.25, -0.2) is 4.79 Å². The highest BCUT2D eigenvalue weighted by molar-refractivity contribution is 5.86. The van der Waals surface area contributed by atoms with Crippen LogP contribution in [0.1, 0.15) is 39.5 Å². The number of hydrogen-bond acceptors (Lipinski definition) is 3. The number of nitrogens with one attached hydrogen (secondary N) is 3. The zero-order chi connectivity index (χ0) is 15.4. The van der Waals surface area contributed by atoms with Gasteiger partial charge in [0.25, 0.3) is 0 Å². The van der Waals surface area contributed by atoms with Crippen molar-refractivity contribution in [1.29, 1.82) is 0 Å². The average molecular weight is 287 g/mol. The Morgan fingerprint density at radius 3 is 2.30 bits per heavy atom. The van der Waals surface area contributed by atoms with Gasteiger partial charge in [-0.05, 0) is 12.3 Å². The van der Waals surface area contributed by atoms with Crippen LogP contribution < -0.4 is 16.0 Å². The van der Waals surface area contributed by atoms with E-state index in [1.54, 1.807) is 0 Å². The molecule has 3 amide bonds. The topological polar surface area (TPSA) is 108 Å². The maximum absolute atomic E-state index is 11.5. The summed E-state index contributed by atoms with van der Waals surface area (Å²) in [6.07, 6.45) is 4.34. The number of carboxylic acid groups (broad SMARTS) is 1. The molecule has 0 aromatic heterocycles. The third-order valence-electron chi connectivity index (χ3n) is 2.94. The second-order valence-electron chi connectivity index (χ2n) is 4.65. The lowest BCUT2D eigenvalue weighted by molar-refractivity contribution is -0.137. The quantitative estimate of drug-likeness (QED) is 0.474. The number of amides is 3. The van der Waals surface area contributed by atoms with Crippen molar-refractivity contribution in [3.8, 4) is 0 Å². The molecule has 0 aliphatic rings. The molecule has 0 aromatic rings. The van der Waals surface area contributed by atoms with Crippen LogP contribution in [-0.4, -0.2) is 42.6 Å². The van der Waals surface area contributed by atoms with Gasteiger partial charge in [-0.15, -0.1) is 0 Å². The molecule has 7 nitrogen and oxygen atoms in total. The smallest absolute Gasteiger partial charge is 0.322 e. The second kappa shape index (κ2) is 11.1. The van der Waals surface area contributed by atoms with Crippen LogP contribution in [-0.2, 0) is 9.59 Å². The largest absolute Gasteiger partial charge is 0.480 e. The lowest BCUT2D eigenvalue weighted by Gasteiger charge is -2.15. The predicted octanol–water partition coefficient (Wildman–Crippen LogP) is 0.703. The summed E-state index contributed by atoms with van der Waals surface area (Å²) in [5.74, 6) is -1.20. The minimum absolute atomic E-state index is 0.231. The standard InChI is InChI=1S/C13H25N3O4/c1-3-5-6-10(4-2)7-15-13(20)16-8-11(17)14-9-12(18)19/h10H,3-9H2,1-2H3,(H,14,17)(H,18,19)(H2,15,16,20). The molecule has 0 saturated carbocycles. The van der Waals surface area contributed by atoms with Crippen LogP contribution in [0.2, 0.25) is 0 Å². The Balaban J connectivity index is 3.76. The summed E-state index contributed by atoms with van der Waals surface area (Å²) in [6.45, 7) is 4.11. The van der Waals surface area contributed by atoms with E-state index < -0.39 is 24.5 Å². The molecule has 0 aliphatic heterocycles. The number of urea groups is 1. The van der Waals surface area contributed by atoms with Gasteiger partial charge in [0, 0.05) is 6.54 Å². The van der Waals surface area contributed by atoms with E-state index in [9.17, 15) is 14.4 Å². The van der Waals surface area contributed by atoms with E-state index in [2.05, 4.69) is 29.8 Å². The molecule has 0 rings (SSSR count). The minimum atomic E-state index is -1.12. The number of carboxylic acids is 1. The van der Waals surface area contributed by atoms with E-state index in [0.717, 1.165) is 25.7 Å². The van der Waals surface area contributed by atoms with Gasteiger partial charge in [0.15, 0.2) is 0 Å². The summed E-state index contributed by atoms with van der Waals surface area (Å²) < 4.78 is 0. The van der Waals surface area contributed by atoms with Crippen LogP contribution in [0.4, 0.5) is 4.79 Å². The molecule has 116 valence electrons. The van der Waals surface area contributed by atoms with Gasteiger partial charge < -0.3 is 21.1 Å².